The van der Waals surface area contributed by atoms with Gasteiger partial charge in [-0.3, -0.25) is 4.79 Å². The minimum absolute atomic E-state index is 0.00480. The van der Waals surface area contributed by atoms with Crippen LogP contribution in [0.3, 0.4) is 0 Å². The van der Waals surface area contributed by atoms with E-state index in [0.717, 1.165) is 16.8 Å². The zero-order valence-electron chi connectivity index (χ0n) is 18.4. The molecule has 0 bridgehead atoms. The lowest BCUT2D eigenvalue weighted by molar-refractivity contribution is -0.129. The van der Waals surface area contributed by atoms with Gasteiger partial charge in [-0.1, -0.05) is 18.5 Å². The van der Waals surface area contributed by atoms with E-state index < -0.39 is 5.41 Å². The predicted octanol–water partition coefficient (Wildman–Crippen LogP) is 2.37. The fourth-order valence-electron chi connectivity index (χ4n) is 3.63. The first-order chi connectivity index (χ1) is 15.7. The van der Waals surface area contributed by atoms with Gasteiger partial charge in [0.2, 0.25) is 11.9 Å². The average Bonchev–Trinajstić information content (AvgIpc) is 3.32. The van der Waals surface area contributed by atoms with Crippen LogP contribution in [0.1, 0.15) is 18.1 Å². The van der Waals surface area contributed by atoms with Crippen molar-refractivity contribution in [1.29, 1.82) is 5.26 Å². The van der Waals surface area contributed by atoms with Crippen LogP contribution in [0.25, 0.3) is 11.3 Å². The Morgan fingerprint density at radius 2 is 2.21 bits per heavy atom. The van der Waals surface area contributed by atoms with Crippen molar-refractivity contribution in [3.05, 3.63) is 46.7 Å². The number of aliphatic hydroxyl groups excluding tert-OH is 1. The number of benzene rings is 1. The number of anilines is 3. The largest absolute Gasteiger partial charge is 0.395 e. The first-order valence-electron chi connectivity index (χ1n) is 10.2. The number of aliphatic hydroxyl groups is 1. The number of amides is 1. The van der Waals surface area contributed by atoms with E-state index in [0.29, 0.717) is 23.6 Å². The number of nitriles is 1. The van der Waals surface area contributed by atoms with Crippen molar-refractivity contribution < 1.29 is 9.90 Å². The third kappa shape index (κ3) is 4.33. The highest BCUT2D eigenvalue weighted by molar-refractivity contribution is 6.29. The average molecular weight is 467 g/mol. The quantitative estimate of drug-likeness (QED) is 0.504. The van der Waals surface area contributed by atoms with Crippen LogP contribution in [-0.4, -0.2) is 62.9 Å². The Morgan fingerprint density at radius 3 is 2.91 bits per heavy atom. The second kappa shape index (κ2) is 8.69. The van der Waals surface area contributed by atoms with Crippen LogP contribution < -0.4 is 10.6 Å². The monoisotopic (exact) mass is 466 g/mol. The van der Waals surface area contributed by atoms with E-state index in [1.165, 1.54) is 9.58 Å². The van der Waals surface area contributed by atoms with Crippen LogP contribution in [0.4, 0.5) is 17.5 Å². The van der Waals surface area contributed by atoms with Gasteiger partial charge in [-0.15, -0.1) is 0 Å². The maximum Gasteiger partial charge on any atom is 0.243 e. The minimum atomic E-state index is -0.493. The number of nitrogens with zero attached hydrogens (tertiary/aromatic N) is 6. The van der Waals surface area contributed by atoms with Gasteiger partial charge in [0, 0.05) is 43.9 Å². The molecule has 3 N–H and O–H groups in total. The van der Waals surface area contributed by atoms with E-state index in [9.17, 15) is 15.2 Å². The Kier molecular flexibility index (Phi) is 5.93. The molecule has 0 aliphatic carbocycles. The highest BCUT2D eigenvalue weighted by atomic mass is 35.5. The summed E-state index contributed by atoms with van der Waals surface area (Å²) < 4.78 is 1.45. The Morgan fingerprint density at radius 1 is 1.42 bits per heavy atom. The second-order valence-electron chi connectivity index (χ2n) is 8.32. The number of hydrogen-bond donors (Lipinski definition) is 3. The molecule has 11 heteroatoms. The summed E-state index contributed by atoms with van der Waals surface area (Å²) in [4.78, 5) is 22.4. The molecule has 1 aromatic carbocycles. The maximum absolute atomic E-state index is 12.1. The SMILES string of the molecule is CN(C)C(=O)Cn1nc(Cl)cc1Nc1nccc(-c2cc(C#N)c3c(c2)[C@@](C)(CO)CN3)n1. The number of carbonyl (C=O) groups is 1. The van der Waals surface area contributed by atoms with Gasteiger partial charge < -0.3 is 20.6 Å². The normalized spacial score (nSPS) is 16.6. The van der Waals surface area contributed by atoms with Crippen LogP contribution in [0.15, 0.2) is 30.5 Å². The second-order valence-corrected chi connectivity index (χ2v) is 8.71. The van der Waals surface area contributed by atoms with Crippen LogP contribution in [0.5, 0.6) is 0 Å². The number of likely N-dealkylation sites (N-methyl/N-ethyl adjacent to an activating group) is 1. The summed E-state index contributed by atoms with van der Waals surface area (Å²) in [5, 5.41) is 30.3. The van der Waals surface area contributed by atoms with Crippen LogP contribution >= 0.6 is 11.6 Å². The summed E-state index contributed by atoms with van der Waals surface area (Å²) in [6, 6.07) is 9.26. The van der Waals surface area contributed by atoms with Crippen molar-refractivity contribution >= 4 is 35.0 Å². The molecule has 0 unspecified atom stereocenters. The van der Waals surface area contributed by atoms with E-state index in [4.69, 9.17) is 11.6 Å². The topological polar surface area (TPSA) is 132 Å². The smallest absolute Gasteiger partial charge is 0.243 e. The number of halogens is 1. The van der Waals surface area contributed by atoms with Crippen LogP contribution in [0.2, 0.25) is 5.15 Å². The molecule has 4 rings (SSSR count). The molecule has 10 nitrogen and oxygen atoms in total. The highest BCUT2D eigenvalue weighted by Gasteiger charge is 2.36. The standard InChI is InChI=1S/C22H23ClN8O2/c1-22(12-32)11-26-20-14(9-24)6-13(7-15(20)22)16-4-5-25-21(27-16)28-18-8-17(23)29-31(18)10-19(33)30(2)3/h4-8,26,32H,10-12H2,1-3H3,(H,25,27,28)/t22-/m1/s1. The lowest BCUT2D eigenvalue weighted by atomic mass is 9.83. The van der Waals surface area contributed by atoms with Gasteiger partial charge in [-0.25, -0.2) is 14.6 Å². The summed E-state index contributed by atoms with van der Waals surface area (Å²) in [6.07, 6.45) is 1.60. The Bertz CT molecular complexity index is 1270. The van der Waals surface area contributed by atoms with Gasteiger partial charge in [0.25, 0.3) is 0 Å². The van der Waals surface area contributed by atoms with Crippen molar-refractivity contribution in [2.45, 2.75) is 18.9 Å². The summed E-state index contributed by atoms with van der Waals surface area (Å²) in [5.74, 6) is 0.607. The van der Waals surface area contributed by atoms with E-state index in [2.05, 4.69) is 31.8 Å². The molecule has 33 heavy (non-hydrogen) atoms. The summed E-state index contributed by atoms with van der Waals surface area (Å²) >= 11 is 6.06. The third-order valence-corrected chi connectivity index (χ3v) is 5.82. The fraction of sp³-hybridized carbons (Fsp3) is 0.318. The van der Waals surface area contributed by atoms with Crippen molar-refractivity contribution in [3.63, 3.8) is 0 Å². The third-order valence-electron chi connectivity index (χ3n) is 5.64. The predicted molar refractivity (Wildman–Crippen MR) is 124 cm³/mol. The van der Waals surface area contributed by atoms with Crippen molar-refractivity contribution in [1.82, 2.24) is 24.6 Å². The molecule has 1 amide bonds. The van der Waals surface area contributed by atoms with E-state index in [-0.39, 0.29) is 30.2 Å². The first kappa shape index (κ1) is 22.5. The van der Waals surface area contributed by atoms with Gasteiger partial charge in [0.15, 0.2) is 5.15 Å². The molecule has 0 spiro atoms. The number of aromatic nitrogens is 4. The molecule has 1 aliphatic heterocycles. The number of rotatable bonds is 6. The van der Waals surface area contributed by atoms with Crippen LogP contribution in [-0.2, 0) is 16.8 Å². The molecule has 1 aliphatic rings. The van der Waals surface area contributed by atoms with Gasteiger partial charge >= 0.3 is 0 Å². The summed E-state index contributed by atoms with van der Waals surface area (Å²) in [7, 11) is 3.33. The summed E-state index contributed by atoms with van der Waals surface area (Å²) in [6.45, 7) is 2.45. The molecule has 0 saturated heterocycles. The Hall–Kier alpha value is -3.68. The molecule has 170 valence electrons. The van der Waals surface area contributed by atoms with Crippen molar-refractivity contribution in [2.24, 2.45) is 0 Å². The minimum Gasteiger partial charge on any atom is -0.395 e. The number of fused-ring (bicyclic) bond motifs is 1. The summed E-state index contributed by atoms with van der Waals surface area (Å²) in [5.41, 5.74) is 2.94. The van der Waals surface area contributed by atoms with E-state index in [1.807, 2.05) is 13.0 Å². The first-order valence-corrected chi connectivity index (χ1v) is 10.6. The van der Waals surface area contributed by atoms with E-state index >= 15 is 0 Å². The molecular formula is C22H23ClN8O2. The lowest BCUT2D eigenvalue weighted by Crippen LogP contribution is -2.28. The van der Waals surface area contributed by atoms with Gasteiger partial charge in [0.1, 0.15) is 18.4 Å². The number of nitrogens with one attached hydrogen (secondary N) is 2. The lowest BCUT2D eigenvalue weighted by Gasteiger charge is -2.21. The maximum atomic E-state index is 12.1. The number of carbonyl (C=O) groups excluding carboxylic acids is 1. The molecule has 3 heterocycles. The van der Waals surface area contributed by atoms with Gasteiger partial charge in [-0.2, -0.15) is 10.4 Å². The molecule has 0 saturated carbocycles. The fourth-order valence-corrected chi connectivity index (χ4v) is 3.83. The molecular weight excluding hydrogens is 444 g/mol. The Labute approximate surface area is 195 Å². The molecule has 0 radical (unpaired) electrons. The number of hydrogen-bond acceptors (Lipinski definition) is 8. The van der Waals surface area contributed by atoms with Crippen LogP contribution in [0, 0.1) is 11.3 Å². The molecule has 2 aromatic heterocycles. The Balaban J connectivity index is 1.68. The zero-order valence-corrected chi connectivity index (χ0v) is 19.2. The highest BCUT2D eigenvalue weighted by Crippen LogP contribution is 2.41. The molecule has 0 fully saturated rings. The zero-order chi connectivity index (χ0) is 23.8. The van der Waals surface area contributed by atoms with Gasteiger partial charge in [-0.05, 0) is 23.8 Å². The van der Waals surface area contributed by atoms with Crippen molar-refractivity contribution in [3.8, 4) is 17.3 Å². The molecule has 1 atom stereocenters. The van der Waals surface area contributed by atoms with E-state index in [1.54, 1.807) is 38.5 Å². The molecule has 3 aromatic rings. The van der Waals surface area contributed by atoms with Crippen molar-refractivity contribution in [2.75, 3.05) is 37.9 Å². The van der Waals surface area contributed by atoms with Gasteiger partial charge in [0.05, 0.1) is 23.6 Å².